The average molecular weight is 258 g/mol. The summed E-state index contributed by atoms with van der Waals surface area (Å²) in [6, 6.07) is 0. The summed E-state index contributed by atoms with van der Waals surface area (Å²) >= 11 is 0. The van der Waals surface area contributed by atoms with E-state index in [9.17, 15) is 9.90 Å². The molecule has 1 unspecified atom stereocenters. The Morgan fingerprint density at radius 1 is 1.39 bits per heavy atom. The smallest absolute Gasteiger partial charge is 0.223 e. The van der Waals surface area contributed by atoms with E-state index in [1.165, 1.54) is 0 Å². The van der Waals surface area contributed by atoms with E-state index in [0.717, 1.165) is 25.7 Å². The van der Waals surface area contributed by atoms with Crippen LogP contribution in [0.1, 0.15) is 39.5 Å². The van der Waals surface area contributed by atoms with Crippen LogP contribution in [0.4, 0.5) is 0 Å². The monoisotopic (exact) mass is 258 g/mol. The summed E-state index contributed by atoms with van der Waals surface area (Å²) in [6.45, 7) is 4.81. The van der Waals surface area contributed by atoms with Gasteiger partial charge in [-0.15, -0.1) is 0 Å². The van der Waals surface area contributed by atoms with Crippen molar-refractivity contribution in [2.45, 2.75) is 45.6 Å². The molecule has 1 aliphatic carbocycles. The van der Waals surface area contributed by atoms with Gasteiger partial charge in [-0.25, -0.2) is 5.90 Å². The minimum absolute atomic E-state index is 0.0711. The van der Waals surface area contributed by atoms with Crippen LogP contribution in [-0.4, -0.2) is 30.3 Å². The number of nitrogens with one attached hydrogen (secondary N) is 1. The second kappa shape index (κ2) is 7.71. The minimum Gasteiger partial charge on any atom is -0.391 e. The summed E-state index contributed by atoms with van der Waals surface area (Å²) < 4.78 is 0. The Hall–Kier alpha value is -0.650. The molecule has 1 amide bonds. The van der Waals surface area contributed by atoms with Crippen molar-refractivity contribution in [2.24, 2.45) is 23.7 Å². The van der Waals surface area contributed by atoms with Crippen molar-refractivity contribution in [2.75, 3.05) is 13.2 Å². The normalized spacial score (nSPS) is 26.1. The Morgan fingerprint density at radius 3 is 2.50 bits per heavy atom. The van der Waals surface area contributed by atoms with Crippen LogP contribution in [0.5, 0.6) is 0 Å². The van der Waals surface area contributed by atoms with E-state index in [-0.39, 0.29) is 17.7 Å². The first-order valence-electron chi connectivity index (χ1n) is 6.82. The predicted molar refractivity (Wildman–Crippen MR) is 69.4 cm³/mol. The second-order valence-electron chi connectivity index (χ2n) is 5.61. The van der Waals surface area contributed by atoms with Crippen molar-refractivity contribution in [1.82, 2.24) is 5.32 Å². The lowest BCUT2D eigenvalue weighted by Crippen LogP contribution is -2.39. The molecule has 1 atom stereocenters. The summed E-state index contributed by atoms with van der Waals surface area (Å²) in [5.41, 5.74) is 0. The summed E-state index contributed by atoms with van der Waals surface area (Å²) in [7, 11) is 0. The first-order chi connectivity index (χ1) is 8.54. The Balaban J connectivity index is 2.23. The number of amides is 1. The zero-order valence-electron chi connectivity index (χ0n) is 11.4. The van der Waals surface area contributed by atoms with E-state index >= 15 is 0 Å². The summed E-state index contributed by atoms with van der Waals surface area (Å²) in [5.74, 6) is 5.86. The maximum Gasteiger partial charge on any atom is 0.223 e. The van der Waals surface area contributed by atoms with E-state index in [2.05, 4.69) is 10.2 Å². The van der Waals surface area contributed by atoms with Crippen LogP contribution in [0.25, 0.3) is 0 Å². The van der Waals surface area contributed by atoms with Crippen molar-refractivity contribution in [3.63, 3.8) is 0 Å². The fourth-order valence-electron chi connectivity index (χ4n) is 2.31. The summed E-state index contributed by atoms with van der Waals surface area (Å²) in [5, 5.41) is 12.5. The molecule has 4 N–H and O–H groups in total. The number of aliphatic hydroxyl groups is 1. The molecule has 0 spiro atoms. The van der Waals surface area contributed by atoms with Gasteiger partial charge in [-0.05, 0) is 37.5 Å². The van der Waals surface area contributed by atoms with Crippen molar-refractivity contribution >= 4 is 5.91 Å². The van der Waals surface area contributed by atoms with Crippen LogP contribution in [0.15, 0.2) is 0 Å². The third-order valence-corrected chi connectivity index (χ3v) is 3.80. The van der Waals surface area contributed by atoms with Crippen molar-refractivity contribution in [3.8, 4) is 0 Å². The number of hydrogen-bond donors (Lipinski definition) is 3. The Labute approximate surface area is 109 Å². The molecule has 5 nitrogen and oxygen atoms in total. The Kier molecular flexibility index (Phi) is 6.60. The van der Waals surface area contributed by atoms with Gasteiger partial charge in [-0.3, -0.25) is 4.79 Å². The molecule has 0 radical (unpaired) electrons. The third-order valence-electron chi connectivity index (χ3n) is 3.80. The molecule has 18 heavy (non-hydrogen) atoms. The lowest BCUT2D eigenvalue weighted by molar-refractivity contribution is -0.127. The van der Waals surface area contributed by atoms with Crippen LogP contribution in [0, 0.1) is 17.8 Å². The minimum atomic E-state index is -0.462. The van der Waals surface area contributed by atoms with Crippen molar-refractivity contribution in [1.29, 1.82) is 0 Å². The molecule has 0 bridgehead atoms. The molecular formula is C13H26N2O3. The molecule has 1 saturated carbocycles. The van der Waals surface area contributed by atoms with Gasteiger partial charge >= 0.3 is 0 Å². The fraction of sp³-hybridized carbons (Fsp3) is 0.923. The molecule has 0 heterocycles. The topological polar surface area (TPSA) is 84.6 Å². The molecule has 5 heteroatoms. The van der Waals surface area contributed by atoms with Gasteiger partial charge in [0.2, 0.25) is 5.91 Å². The molecule has 0 aromatic rings. The van der Waals surface area contributed by atoms with E-state index < -0.39 is 6.10 Å². The van der Waals surface area contributed by atoms with Crippen LogP contribution < -0.4 is 11.2 Å². The van der Waals surface area contributed by atoms with Crippen LogP contribution in [-0.2, 0) is 9.63 Å². The van der Waals surface area contributed by atoms with Gasteiger partial charge in [0.15, 0.2) is 0 Å². The molecule has 0 aromatic heterocycles. The molecule has 106 valence electrons. The van der Waals surface area contributed by atoms with Crippen molar-refractivity contribution in [3.05, 3.63) is 0 Å². The predicted octanol–water partition coefficient (Wildman–Crippen LogP) is 0.816. The van der Waals surface area contributed by atoms with E-state index in [1.54, 1.807) is 0 Å². The molecule has 0 aromatic carbocycles. The van der Waals surface area contributed by atoms with E-state index in [0.29, 0.717) is 19.1 Å². The average Bonchev–Trinajstić information content (AvgIpc) is 2.36. The van der Waals surface area contributed by atoms with Gasteiger partial charge in [0.1, 0.15) is 0 Å². The largest absolute Gasteiger partial charge is 0.391 e. The number of nitrogens with two attached hydrogens (primary N) is 1. The molecular weight excluding hydrogens is 232 g/mol. The number of carbonyl (C=O) groups is 1. The second-order valence-corrected chi connectivity index (χ2v) is 5.61. The maximum absolute atomic E-state index is 11.9. The number of rotatable bonds is 6. The molecule has 1 rings (SSSR count). The SMILES string of the molecule is CC(C)C(O)CNC(=O)C1CCC(CON)CC1. The van der Waals surface area contributed by atoms with Crippen molar-refractivity contribution < 1.29 is 14.7 Å². The van der Waals surface area contributed by atoms with Crippen LogP contribution in [0.3, 0.4) is 0 Å². The molecule has 0 aliphatic heterocycles. The van der Waals surface area contributed by atoms with E-state index in [1.807, 2.05) is 13.8 Å². The Bertz CT molecular complexity index is 251. The van der Waals surface area contributed by atoms with Gasteiger partial charge in [0.05, 0.1) is 12.7 Å². The Morgan fingerprint density at radius 2 is 2.00 bits per heavy atom. The highest BCUT2D eigenvalue weighted by molar-refractivity contribution is 5.78. The van der Waals surface area contributed by atoms with Gasteiger partial charge in [0, 0.05) is 12.5 Å². The standard InChI is InChI=1S/C13H26N2O3/c1-9(2)12(16)7-15-13(17)11-5-3-10(4-6-11)8-18-14/h9-12,16H,3-8,14H2,1-2H3,(H,15,17). The first-order valence-corrected chi connectivity index (χ1v) is 6.82. The number of carbonyl (C=O) groups excluding carboxylic acids is 1. The van der Waals surface area contributed by atoms with Crippen LogP contribution in [0.2, 0.25) is 0 Å². The number of hydrogen-bond acceptors (Lipinski definition) is 4. The molecule has 1 aliphatic rings. The van der Waals surface area contributed by atoms with Crippen LogP contribution >= 0.6 is 0 Å². The third kappa shape index (κ3) is 4.92. The van der Waals surface area contributed by atoms with Gasteiger partial charge in [-0.1, -0.05) is 13.8 Å². The van der Waals surface area contributed by atoms with Gasteiger partial charge in [0.25, 0.3) is 0 Å². The zero-order valence-corrected chi connectivity index (χ0v) is 11.4. The fourth-order valence-corrected chi connectivity index (χ4v) is 2.31. The number of aliphatic hydroxyl groups excluding tert-OH is 1. The highest BCUT2D eigenvalue weighted by Gasteiger charge is 2.26. The first kappa shape index (κ1) is 15.4. The summed E-state index contributed by atoms with van der Waals surface area (Å²) in [6.07, 6.45) is 3.29. The molecule has 1 fully saturated rings. The lowest BCUT2D eigenvalue weighted by atomic mass is 9.82. The van der Waals surface area contributed by atoms with E-state index in [4.69, 9.17) is 5.90 Å². The maximum atomic E-state index is 11.9. The van der Waals surface area contributed by atoms with Gasteiger partial charge in [-0.2, -0.15) is 0 Å². The lowest BCUT2D eigenvalue weighted by Gasteiger charge is -2.27. The molecule has 0 saturated heterocycles. The highest BCUT2D eigenvalue weighted by atomic mass is 16.6. The zero-order chi connectivity index (χ0) is 13.5. The quantitative estimate of drug-likeness (QED) is 0.616. The summed E-state index contributed by atoms with van der Waals surface area (Å²) in [4.78, 5) is 16.6. The van der Waals surface area contributed by atoms with Gasteiger partial charge < -0.3 is 15.3 Å². The highest BCUT2D eigenvalue weighted by Crippen LogP contribution is 2.28.